The molecular formula is C17H17Cl3N2O3. The topological polar surface area (TPSA) is 59.6 Å². The van der Waals surface area contributed by atoms with Gasteiger partial charge in [0.15, 0.2) is 0 Å². The predicted molar refractivity (Wildman–Crippen MR) is 102 cm³/mol. The molecule has 0 aliphatic carbocycles. The van der Waals surface area contributed by atoms with E-state index in [0.29, 0.717) is 32.3 Å². The van der Waals surface area contributed by atoms with Crippen molar-refractivity contribution in [3.05, 3.63) is 51.0 Å². The summed E-state index contributed by atoms with van der Waals surface area (Å²) < 4.78 is 10.4. The highest BCUT2D eigenvalue weighted by Gasteiger charge is 2.16. The van der Waals surface area contributed by atoms with Crippen LogP contribution in [0.5, 0.6) is 11.5 Å². The van der Waals surface area contributed by atoms with Gasteiger partial charge in [-0.3, -0.25) is 0 Å². The molecule has 0 radical (unpaired) electrons. The van der Waals surface area contributed by atoms with Crippen molar-refractivity contribution in [1.82, 2.24) is 5.32 Å². The SMILES string of the molecule is COc1cc(OC)c(NC(=O)N[C@@H](C)c2ccc(Cl)cc2Cl)cc1Cl. The summed E-state index contributed by atoms with van der Waals surface area (Å²) >= 11 is 18.1. The molecule has 2 rings (SSSR count). The Morgan fingerprint density at radius 2 is 1.68 bits per heavy atom. The fourth-order valence-electron chi connectivity index (χ4n) is 2.24. The summed E-state index contributed by atoms with van der Waals surface area (Å²) in [5.74, 6) is 0.874. The number of halogens is 3. The van der Waals surface area contributed by atoms with Crippen molar-refractivity contribution < 1.29 is 14.3 Å². The normalized spacial score (nSPS) is 11.6. The van der Waals surface area contributed by atoms with E-state index >= 15 is 0 Å². The fraction of sp³-hybridized carbons (Fsp3) is 0.235. The van der Waals surface area contributed by atoms with E-state index in [1.165, 1.54) is 14.2 Å². The Morgan fingerprint density at radius 3 is 2.28 bits per heavy atom. The number of ether oxygens (including phenoxy) is 2. The average molecular weight is 404 g/mol. The third-order valence-corrected chi connectivity index (χ3v) is 4.36. The molecule has 0 aliphatic heterocycles. The van der Waals surface area contributed by atoms with E-state index < -0.39 is 6.03 Å². The number of urea groups is 1. The van der Waals surface area contributed by atoms with Crippen LogP contribution in [-0.2, 0) is 0 Å². The first kappa shape index (κ1) is 19.5. The summed E-state index contributed by atoms with van der Waals surface area (Å²) in [5.41, 5.74) is 1.17. The second-order valence-corrected chi connectivity index (χ2v) is 6.42. The van der Waals surface area contributed by atoms with Gasteiger partial charge in [0.1, 0.15) is 11.5 Å². The Morgan fingerprint density at radius 1 is 1.00 bits per heavy atom. The summed E-state index contributed by atoms with van der Waals surface area (Å²) in [7, 11) is 2.99. The van der Waals surface area contributed by atoms with Crippen LogP contribution < -0.4 is 20.1 Å². The molecule has 2 aromatic carbocycles. The largest absolute Gasteiger partial charge is 0.495 e. The van der Waals surface area contributed by atoms with Crippen LogP contribution in [0.4, 0.5) is 10.5 Å². The first-order chi connectivity index (χ1) is 11.8. The molecule has 8 heteroatoms. The van der Waals surface area contributed by atoms with Gasteiger partial charge in [0, 0.05) is 16.1 Å². The molecule has 2 amide bonds. The molecule has 0 unspecified atom stereocenters. The molecule has 134 valence electrons. The van der Waals surface area contributed by atoms with Crippen molar-refractivity contribution in [2.45, 2.75) is 13.0 Å². The van der Waals surface area contributed by atoms with E-state index in [9.17, 15) is 4.79 Å². The minimum Gasteiger partial charge on any atom is -0.495 e. The van der Waals surface area contributed by atoms with E-state index in [1.807, 2.05) is 6.92 Å². The summed E-state index contributed by atoms with van der Waals surface area (Å²) in [6.07, 6.45) is 0. The van der Waals surface area contributed by atoms with E-state index in [0.717, 1.165) is 5.56 Å². The number of carbonyl (C=O) groups is 1. The van der Waals surface area contributed by atoms with Crippen molar-refractivity contribution in [2.75, 3.05) is 19.5 Å². The van der Waals surface area contributed by atoms with Crippen molar-refractivity contribution in [3.63, 3.8) is 0 Å². The van der Waals surface area contributed by atoms with Gasteiger partial charge in [-0.2, -0.15) is 0 Å². The van der Waals surface area contributed by atoms with E-state index in [-0.39, 0.29) is 6.04 Å². The highest BCUT2D eigenvalue weighted by Crippen LogP contribution is 2.36. The maximum atomic E-state index is 12.3. The summed E-state index contributed by atoms with van der Waals surface area (Å²) in [4.78, 5) is 12.3. The number of amides is 2. The van der Waals surface area contributed by atoms with Crippen molar-refractivity contribution in [3.8, 4) is 11.5 Å². The molecule has 2 N–H and O–H groups in total. The van der Waals surface area contributed by atoms with Crippen LogP contribution in [0.2, 0.25) is 15.1 Å². The minimum absolute atomic E-state index is 0.329. The smallest absolute Gasteiger partial charge is 0.319 e. The van der Waals surface area contributed by atoms with Gasteiger partial charge in [-0.05, 0) is 30.7 Å². The number of carbonyl (C=O) groups excluding carboxylic acids is 1. The lowest BCUT2D eigenvalue weighted by molar-refractivity contribution is 0.249. The van der Waals surface area contributed by atoms with Crippen LogP contribution in [0, 0.1) is 0 Å². The average Bonchev–Trinajstić information content (AvgIpc) is 2.54. The fourth-order valence-corrected chi connectivity index (χ4v) is 3.06. The first-order valence-corrected chi connectivity index (χ1v) is 8.43. The molecule has 0 fully saturated rings. The second kappa shape index (κ2) is 8.52. The minimum atomic E-state index is -0.432. The Labute approximate surface area is 161 Å². The van der Waals surface area contributed by atoms with Gasteiger partial charge in [-0.15, -0.1) is 0 Å². The number of hydrogen-bond donors (Lipinski definition) is 2. The van der Waals surface area contributed by atoms with Gasteiger partial charge in [0.2, 0.25) is 0 Å². The van der Waals surface area contributed by atoms with Crippen LogP contribution in [0.25, 0.3) is 0 Å². The summed E-state index contributed by atoms with van der Waals surface area (Å²) in [5, 5.41) is 6.86. The lowest BCUT2D eigenvalue weighted by Gasteiger charge is -2.18. The third kappa shape index (κ3) is 4.84. The first-order valence-electron chi connectivity index (χ1n) is 7.29. The molecule has 5 nitrogen and oxygen atoms in total. The number of methoxy groups -OCH3 is 2. The zero-order valence-corrected chi connectivity index (χ0v) is 16.1. The molecule has 0 saturated carbocycles. The highest BCUT2D eigenvalue weighted by atomic mass is 35.5. The lowest BCUT2D eigenvalue weighted by atomic mass is 10.1. The van der Waals surface area contributed by atoms with Crippen LogP contribution >= 0.6 is 34.8 Å². The van der Waals surface area contributed by atoms with Gasteiger partial charge >= 0.3 is 6.03 Å². The number of nitrogens with one attached hydrogen (secondary N) is 2. The Balaban J connectivity index is 2.13. The van der Waals surface area contributed by atoms with Gasteiger partial charge in [0.25, 0.3) is 0 Å². The number of anilines is 1. The van der Waals surface area contributed by atoms with Crippen LogP contribution in [-0.4, -0.2) is 20.3 Å². The van der Waals surface area contributed by atoms with Gasteiger partial charge < -0.3 is 20.1 Å². The highest BCUT2D eigenvalue weighted by molar-refractivity contribution is 6.35. The number of benzene rings is 2. The Hall–Kier alpha value is -1.82. The van der Waals surface area contributed by atoms with Crippen molar-refractivity contribution in [1.29, 1.82) is 0 Å². The van der Waals surface area contributed by atoms with E-state index in [4.69, 9.17) is 44.3 Å². The van der Waals surface area contributed by atoms with Crippen LogP contribution in [0.3, 0.4) is 0 Å². The van der Waals surface area contributed by atoms with Gasteiger partial charge in [-0.1, -0.05) is 40.9 Å². The molecule has 0 bridgehead atoms. The molecular weight excluding hydrogens is 387 g/mol. The maximum absolute atomic E-state index is 12.3. The standard InChI is InChI=1S/C17H17Cl3N2O3/c1-9(11-5-4-10(18)6-12(11)19)21-17(23)22-14-7-13(20)15(24-2)8-16(14)25-3/h4-9H,1-3H3,(H2,21,22,23)/t9-/m0/s1. The summed E-state index contributed by atoms with van der Waals surface area (Å²) in [6.45, 7) is 1.81. The maximum Gasteiger partial charge on any atom is 0.319 e. The second-order valence-electron chi connectivity index (χ2n) is 5.17. The molecule has 1 atom stereocenters. The van der Waals surface area contributed by atoms with E-state index in [2.05, 4.69) is 10.6 Å². The lowest BCUT2D eigenvalue weighted by Crippen LogP contribution is -2.31. The summed E-state index contributed by atoms with van der Waals surface area (Å²) in [6, 6.07) is 7.49. The third-order valence-electron chi connectivity index (χ3n) is 3.50. The Kier molecular flexibility index (Phi) is 6.64. The molecule has 0 aromatic heterocycles. The monoisotopic (exact) mass is 402 g/mol. The molecule has 25 heavy (non-hydrogen) atoms. The molecule has 0 aliphatic rings. The van der Waals surface area contributed by atoms with E-state index in [1.54, 1.807) is 30.3 Å². The zero-order chi connectivity index (χ0) is 18.6. The Bertz CT molecular complexity index is 784. The molecule has 0 spiro atoms. The van der Waals surface area contributed by atoms with Crippen molar-refractivity contribution in [2.24, 2.45) is 0 Å². The van der Waals surface area contributed by atoms with Crippen LogP contribution in [0.1, 0.15) is 18.5 Å². The number of rotatable bonds is 5. The van der Waals surface area contributed by atoms with Crippen LogP contribution in [0.15, 0.2) is 30.3 Å². The quantitative estimate of drug-likeness (QED) is 0.688. The molecule has 0 heterocycles. The van der Waals surface area contributed by atoms with Gasteiger partial charge in [0.05, 0.1) is 31.0 Å². The van der Waals surface area contributed by atoms with Gasteiger partial charge in [-0.25, -0.2) is 4.79 Å². The molecule has 2 aromatic rings. The van der Waals surface area contributed by atoms with Crippen molar-refractivity contribution >= 4 is 46.5 Å². The predicted octanol–water partition coefficient (Wildman–Crippen LogP) is 5.55. The zero-order valence-electron chi connectivity index (χ0n) is 13.8. The number of hydrogen-bond acceptors (Lipinski definition) is 3. The molecule has 0 saturated heterocycles.